The van der Waals surface area contributed by atoms with Gasteiger partial charge in [-0.05, 0) is 18.6 Å². The van der Waals surface area contributed by atoms with E-state index in [1.165, 1.54) is 16.9 Å². The molecule has 3 heterocycles. The number of aromatic nitrogens is 3. The largest absolute Gasteiger partial charge is 0.508 e. The highest BCUT2D eigenvalue weighted by atomic mass is 16.7. The summed E-state index contributed by atoms with van der Waals surface area (Å²) in [6, 6.07) is 4.96. The predicted molar refractivity (Wildman–Crippen MR) is 89.2 cm³/mol. The van der Waals surface area contributed by atoms with E-state index in [1.54, 1.807) is 6.07 Å². The number of aliphatic hydroxyl groups is 2. The highest BCUT2D eigenvalue weighted by Crippen LogP contribution is 2.40. The summed E-state index contributed by atoms with van der Waals surface area (Å²) in [6.07, 6.45) is -3.34. The molecule has 11 nitrogen and oxygen atoms in total. The monoisotopic (exact) mass is 377 g/mol. The topological polar surface area (TPSA) is 165 Å². The molecule has 0 bridgehead atoms. The van der Waals surface area contributed by atoms with Crippen LogP contribution in [0.3, 0.4) is 0 Å². The molecule has 27 heavy (non-hydrogen) atoms. The molecular weight excluding hydrogens is 358 g/mol. The van der Waals surface area contributed by atoms with Crippen molar-refractivity contribution in [2.45, 2.75) is 37.3 Å². The smallest absolute Gasteiger partial charge is 0.434 e. The standard InChI is InChI=1S/C16H19N5O6/c1-2-5-25-15(24)26-6-10-12(22)13(23)16(7-17,27-10)11-4-3-9-14(18)19-8-20-21(9)11/h3-4,8,10,12-13,22-23H,2,5-6H2,1H3,(H2,18,19,20)/t10-,12-,13-,16+/m1/s1. The summed E-state index contributed by atoms with van der Waals surface area (Å²) in [5.41, 5.74) is 4.42. The van der Waals surface area contributed by atoms with E-state index in [9.17, 15) is 20.3 Å². The van der Waals surface area contributed by atoms with Gasteiger partial charge >= 0.3 is 6.16 Å². The maximum absolute atomic E-state index is 11.5. The number of aliphatic hydroxyl groups excluding tert-OH is 2. The molecule has 1 saturated heterocycles. The number of hydrogen-bond donors (Lipinski definition) is 3. The molecule has 0 amide bonds. The minimum absolute atomic E-state index is 0.164. The summed E-state index contributed by atoms with van der Waals surface area (Å²) in [5.74, 6) is 0.177. The van der Waals surface area contributed by atoms with Gasteiger partial charge in [-0.2, -0.15) is 10.4 Å². The van der Waals surface area contributed by atoms with E-state index < -0.39 is 36.7 Å². The van der Waals surface area contributed by atoms with Crippen molar-refractivity contribution >= 4 is 17.5 Å². The van der Waals surface area contributed by atoms with Crippen LogP contribution >= 0.6 is 0 Å². The minimum atomic E-state index is -1.94. The average Bonchev–Trinajstić information content (AvgIpc) is 3.21. The van der Waals surface area contributed by atoms with Crippen LogP contribution in [0, 0.1) is 11.3 Å². The van der Waals surface area contributed by atoms with Crippen molar-refractivity contribution in [2.75, 3.05) is 18.9 Å². The fourth-order valence-electron chi connectivity index (χ4n) is 2.93. The van der Waals surface area contributed by atoms with Crippen LogP contribution in [0.1, 0.15) is 19.0 Å². The van der Waals surface area contributed by atoms with E-state index in [0.29, 0.717) is 11.9 Å². The summed E-state index contributed by atoms with van der Waals surface area (Å²) in [7, 11) is 0. The molecule has 1 fully saturated rings. The third-order valence-corrected chi connectivity index (χ3v) is 4.28. The lowest BCUT2D eigenvalue weighted by molar-refractivity contribution is -0.0719. The molecule has 2 aromatic rings. The van der Waals surface area contributed by atoms with E-state index in [4.69, 9.17) is 19.9 Å². The molecule has 2 aromatic heterocycles. The Morgan fingerprint density at radius 1 is 1.48 bits per heavy atom. The molecule has 0 spiro atoms. The van der Waals surface area contributed by atoms with Crippen molar-refractivity contribution in [1.29, 1.82) is 5.26 Å². The highest BCUT2D eigenvalue weighted by Gasteiger charge is 2.57. The van der Waals surface area contributed by atoms with Crippen molar-refractivity contribution in [3.8, 4) is 6.07 Å². The molecule has 0 aromatic carbocycles. The molecule has 0 radical (unpaired) electrons. The lowest BCUT2D eigenvalue weighted by Crippen LogP contribution is -2.41. The number of carbonyl (C=O) groups excluding carboxylic acids is 1. The van der Waals surface area contributed by atoms with Crippen molar-refractivity contribution in [1.82, 2.24) is 14.6 Å². The lowest BCUT2D eigenvalue weighted by Gasteiger charge is -2.24. The Labute approximate surface area is 153 Å². The zero-order valence-electron chi connectivity index (χ0n) is 14.5. The zero-order valence-corrected chi connectivity index (χ0v) is 14.5. The van der Waals surface area contributed by atoms with Crippen LogP contribution in [0.15, 0.2) is 18.5 Å². The summed E-state index contributed by atoms with van der Waals surface area (Å²) >= 11 is 0. The molecule has 1 aliphatic rings. The molecule has 3 rings (SSSR count). The van der Waals surface area contributed by atoms with Gasteiger partial charge in [-0.3, -0.25) is 0 Å². The summed E-state index contributed by atoms with van der Waals surface area (Å²) in [5, 5.41) is 34.6. The van der Waals surface area contributed by atoms with Gasteiger partial charge in [0.2, 0.25) is 5.60 Å². The fraction of sp³-hybridized carbons (Fsp3) is 0.500. The minimum Gasteiger partial charge on any atom is -0.434 e. The van der Waals surface area contributed by atoms with Gasteiger partial charge in [0.1, 0.15) is 42.8 Å². The second-order valence-corrected chi connectivity index (χ2v) is 6.01. The molecule has 0 saturated carbocycles. The molecule has 4 atom stereocenters. The van der Waals surface area contributed by atoms with Gasteiger partial charge in [-0.15, -0.1) is 0 Å². The van der Waals surface area contributed by atoms with E-state index in [-0.39, 0.29) is 18.1 Å². The average molecular weight is 377 g/mol. The quantitative estimate of drug-likeness (QED) is 0.590. The molecule has 144 valence electrons. The van der Waals surface area contributed by atoms with Crippen LogP contribution in [0.4, 0.5) is 10.6 Å². The van der Waals surface area contributed by atoms with Crippen molar-refractivity contribution in [3.63, 3.8) is 0 Å². The normalized spacial score (nSPS) is 27.4. The van der Waals surface area contributed by atoms with Crippen LogP contribution in [0.25, 0.3) is 5.52 Å². The Morgan fingerprint density at radius 3 is 2.96 bits per heavy atom. The summed E-state index contributed by atoms with van der Waals surface area (Å²) in [6.45, 7) is 1.62. The number of rotatable bonds is 5. The molecule has 1 aliphatic heterocycles. The second kappa shape index (κ2) is 7.36. The predicted octanol–water partition coefficient (Wildman–Crippen LogP) is -0.286. The van der Waals surface area contributed by atoms with Crippen molar-refractivity contribution in [2.24, 2.45) is 0 Å². The molecule has 0 unspecified atom stereocenters. The Hall–Kier alpha value is -2.94. The summed E-state index contributed by atoms with van der Waals surface area (Å²) < 4.78 is 16.6. The number of nitrogens with zero attached hydrogens (tertiary/aromatic N) is 4. The Kier molecular flexibility index (Phi) is 5.13. The maximum Gasteiger partial charge on any atom is 0.508 e. The van der Waals surface area contributed by atoms with E-state index in [1.807, 2.05) is 13.0 Å². The number of nitrogens with two attached hydrogens (primary N) is 1. The SMILES string of the molecule is CCCOC(=O)OC[C@H]1O[C@@](C#N)(c2ccc3c(N)ncnn23)[C@H](O)[C@@H]1O. The van der Waals surface area contributed by atoms with Crippen molar-refractivity contribution in [3.05, 3.63) is 24.2 Å². The Balaban J connectivity index is 1.86. The lowest BCUT2D eigenvalue weighted by atomic mass is 9.92. The highest BCUT2D eigenvalue weighted by molar-refractivity contribution is 5.66. The van der Waals surface area contributed by atoms with Crippen LogP contribution in [-0.2, 0) is 19.8 Å². The molecular formula is C16H19N5O6. The first-order chi connectivity index (χ1) is 12.9. The Morgan fingerprint density at radius 2 is 2.26 bits per heavy atom. The van der Waals surface area contributed by atoms with Gasteiger partial charge in [0, 0.05) is 0 Å². The van der Waals surface area contributed by atoms with Gasteiger partial charge in [-0.25, -0.2) is 14.3 Å². The van der Waals surface area contributed by atoms with Crippen LogP contribution in [-0.4, -0.2) is 62.5 Å². The number of anilines is 1. The van der Waals surface area contributed by atoms with Gasteiger partial charge in [0.05, 0.1) is 12.3 Å². The molecule has 4 N–H and O–H groups in total. The van der Waals surface area contributed by atoms with Crippen LogP contribution < -0.4 is 5.73 Å². The first-order valence-electron chi connectivity index (χ1n) is 8.28. The van der Waals surface area contributed by atoms with Gasteiger partial charge in [0.25, 0.3) is 0 Å². The number of carbonyl (C=O) groups is 1. The summed E-state index contributed by atoms with van der Waals surface area (Å²) in [4.78, 5) is 15.3. The van der Waals surface area contributed by atoms with Gasteiger partial charge in [0.15, 0.2) is 5.82 Å². The van der Waals surface area contributed by atoms with E-state index in [0.717, 1.165) is 0 Å². The van der Waals surface area contributed by atoms with E-state index >= 15 is 0 Å². The van der Waals surface area contributed by atoms with Crippen LogP contribution in [0.2, 0.25) is 0 Å². The second-order valence-electron chi connectivity index (χ2n) is 6.01. The van der Waals surface area contributed by atoms with Gasteiger partial charge < -0.3 is 30.2 Å². The molecule has 11 heteroatoms. The van der Waals surface area contributed by atoms with Gasteiger partial charge in [-0.1, -0.05) is 6.92 Å². The number of fused-ring (bicyclic) bond motifs is 1. The third kappa shape index (κ3) is 3.14. The Bertz CT molecular complexity index is 880. The van der Waals surface area contributed by atoms with Crippen molar-refractivity contribution < 1.29 is 29.2 Å². The third-order valence-electron chi connectivity index (χ3n) is 4.28. The maximum atomic E-state index is 11.5. The van der Waals surface area contributed by atoms with E-state index in [2.05, 4.69) is 10.1 Å². The number of nitrogen functional groups attached to an aromatic ring is 1. The van der Waals surface area contributed by atoms with Crippen LogP contribution in [0.5, 0.6) is 0 Å². The number of nitriles is 1. The zero-order chi connectivity index (χ0) is 19.6. The first kappa shape index (κ1) is 18.8. The fourth-order valence-corrected chi connectivity index (χ4v) is 2.93. The molecule has 0 aliphatic carbocycles. The number of ether oxygens (including phenoxy) is 3. The number of hydrogen-bond acceptors (Lipinski definition) is 10. The first-order valence-corrected chi connectivity index (χ1v) is 8.28.